The van der Waals surface area contributed by atoms with E-state index in [1.54, 1.807) is 14.2 Å². The van der Waals surface area contributed by atoms with E-state index in [2.05, 4.69) is 50.2 Å². The molecule has 0 aliphatic carbocycles. The molecule has 0 fully saturated rings. The molecule has 0 saturated carbocycles. The minimum absolute atomic E-state index is 0.0439. The lowest BCUT2D eigenvalue weighted by Gasteiger charge is -2.34. The van der Waals surface area contributed by atoms with Gasteiger partial charge in [0.05, 0.1) is 25.5 Å². The summed E-state index contributed by atoms with van der Waals surface area (Å²) in [5.74, 6) is 1.53. The summed E-state index contributed by atoms with van der Waals surface area (Å²) < 4.78 is 11.0. The number of nitrogens with zero attached hydrogens (tertiary/aromatic N) is 1. The van der Waals surface area contributed by atoms with E-state index < -0.39 is 0 Å². The second kappa shape index (κ2) is 6.68. The largest absolute Gasteiger partial charge is 0.493 e. The van der Waals surface area contributed by atoms with Crippen LogP contribution in [0.25, 0.3) is 0 Å². The van der Waals surface area contributed by atoms with Crippen molar-refractivity contribution in [1.82, 2.24) is 0 Å². The van der Waals surface area contributed by atoms with Crippen molar-refractivity contribution in [3.05, 3.63) is 59.2 Å². The monoisotopic (exact) mass is 323 g/mol. The highest BCUT2D eigenvalue weighted by molar-refractivity contribution is 6.15. The van der Waals surface area contributed by atoms with Crippen LogP contribution in [0.1, 0.15) is 43.4 Å². The van der Waals surface area contributed by atoms with Crippen LogP contribution in [0.15, 0.2) is 47.5 Å². The fourth-order valence-corrected chi connectivity index (χ4v) is 3.45. The molecule has 2 aromatic carbocycles. The molecule has 0 aromatic heterocycles. The first-order chi connectivity index (χ1) is 11.7. The molecule has 24 heavy (non-hydrogen) atoms. The quantitative estimate of drug-likeness (QED) is 0.801. The smallest absolute Gasteiger partial charge is 0.161 e. The predicted octanol–water partition coefficient (Wildman–Crippen LogP) is 4.66. The first kappa shape index (κ1) is 16.6. The first-order valence-electron chi connectivity index (χ1n) is 8.57. The summed E-state index contributed by atoms with van der Waals surface area (Å²) >= 11 is 0. The van der Waals surface area contributed by atoms with E-state index in [0.717, 1.165) is 47.6 Å². The highest BCUT2D eigenvalue weighted by Gasteiger charge is 2.33. The molecule has 0 amide bonds. The highest BCUT2D eigenvalue weighted by Crippen LogP contribution is 2.39. The fraction of sp³-hybridized carbons (Fsp3) is 0.381. The van der Waals surface area contributed by atoms with Gasteiger partial charge in [0.1, 0.15) is 0 Å². The fourth-order valence-electron chi connectivity index (χ4n) is 3.45. The molecule has 0 saturated heterocycles. The number of methoxy groups -OCH3 is 2. The average Bonchev–Trinajstić information content (AvgIpc) is 2.66. The number of fused-ring (bicyclic) bond motifs is 1. The van der Waals surface area contributed by atoms with Gasteiger partial charge in [0.15, 0.2) is 11.5 Å². The molecule has 0 unspecified atom stereocenters. The van der Waals surface area contributed by atoms with Crippen LogP contribution in [-0.4, -0.2) is 25.5 Å². The molecule has 126 valence electrons. The van der Waals surface area contributed by atoms with E-state index in [1.165, 1.54) is 5.56 Å². The predicted molar refractivity (Wildman–Crippen MR) is 98.6 cm³/mol. The van der Waals surface area contributed by atoms with Crippen LogP contribution in [0.3, 0.4) is 0 Å². The van der Waals surface area contributed by atoms with Gasteiger partial charge in [-0.25, -0.2) is 0 Å². The zero-order valence-electron chi connectivity index (χ0n) is 14.9. The third-order valence-electron chi connectivity index (χ3n) is 5.10. The van der Waals surface area contributed by atoms with E-state index in [-0.39, 0.29) is 5.54 Å². The van der Waals surface area contributed by atoms with Gasteiger partial charge in [-0.1, -0.05) is 44.2 Å². The van der Waals surface area contributed by atoms with Crippen molar-refractivity contribution in [3.8, 4) is 11.5 Å². The molecular weight excluding hydrogens is 298 g/mol. The molecule has 0 radical (unpaired) electrons. The molecule has 1 aliphatic heterocycles. The Bertz CT molecular complexity index is 746. The van der Waals surface area contributed by atoms with Crippen molar-refractivity contribution < 1.29 is 9.47 Å². The Balaban J connectivity index is 2.23. The summed E-state index contributed by atoms with van der Waals surface area (Å²) in [7, 11) is 3.36. The molecule has 3 rings (SSSR count). The number of aliphatic imine (C=N–C) groups is 1. The van der Waals surface area contributed by atoms with E-state index in [0.29, 0.717) is 0 Å². The van der Waals surface area contributed by atoms with Crippen molar-refractivity contribution in [3.63, 3.8) is 0 Å². The SMILES string of the molecule is CCC1(CC)Cc2cc(OC)c(OC)cc2C(c2ccccc2)=N1. The average molecular weight is 323 g/mol. The highest BCUT2D eigenvalue weighted by atomic mass is 16.5. The van der Waals surface area contributed by atoms with Gasteiger partial charge < -0.3 is 9.47 Å². The Kier molecular flexibility index (Phi) is 4.61. The molecule has 0 spiro atoms. The van der Waals surface area contributed by atoms with Gasteiger partial charge in [0, 0.05) is 11.1 Å². The summed E-state index contributed by atoms with van der Waals surface area (Å²) in [4.78, 5) is 5.21. The molecule has 2 aromatic rings. The normalized spacial score (nSPS) is 15.4. The maximum Gasteiger partial charge on any atom is 0.161 e. The Labute approximate surface area is 144 Å². The van der Waals surface area contributed by atoms with Gasteiger partial charge in [-0.2, -0.15) is 0 Å². The minimum Gasteiger partial charge on any atom is -0.493 e. The Hall–Kier alpha value is -2.29. The number of benzene rings is 2. The lowest BCUT2D eigenvalue weighted by molar-refractivity contribution is 0.351. The van der Waals surface area contributed by atoms with Crippen LogP contribution in [0, 0.1) is 0 Å². The van der Waals surface area contributed by atoms with Gasteiger partial charge in [-0.3, -0.25) is 4.99 Å². The summed E-state index contributed by atoms with van der Waals surface area (Å²) in [6, 6.07) is 14.6. The van der Waals surface area contributed by atoms with Crippen LogP contribution in [0.2, 0.25) is 0 Å². The van der Waals surface area contributed by atoms with Gasteiger partial charge in [0.25, 0.3) is 0 Å². The van der Waals surface area contributed by atoms with Crippen LogP contribution in [0.4, 0.5) is 0 Å². The maximum atomic E-state index is 5.51. The van der Waals surface area contributed by atoms with Gasteiger partial charge in [0.2, 0.25) is 0 Å². The third kappa shape index (κ3) is 2.79. The third-order valence-corrected chi connectivity index (χ3v) is 5.10. The molecular formula is C21H25NO2. The Morgan fingerprint density at radius 1 is 0.958 bits per heavy atom. The van der Waals surface area contributed by atoms with Crippen molar-refractivity contribution in [2.75, 3.05) is 14.2 Å². The molecule has 3 heteroatoms. The lowest BCUT2D eigenvalue weighted by Crippen LogP contribution is -2.34. The molecule has 0 bridgehead atoms. The van der Waals surface area contributed by atoms with Crippen molar-refractivity contribution in [1.29, 1.82) is 0 Å². The number of ether oxygens (including phenoxy) is 2. The van der Waals surface area contributed by atoms with Crippen LogP contribution in [-0.2, 0) is 6.42 Å². The molecule has 1 heterocycles. The standard InChI is InChI=1S/C21H25NO2/c1-5-21(6-2)14-16-12-18(23-3)19(24-4)13-17(16)20(22-21)15-10-8-7-9-11-15/h7-13H,5-6,14H2,1-4H3. The zero-order chi connectivity index (χ0) is 17.2. The Morgan fingerprint density at radius 2 is 1.58 bits per heavy atom. The molecule has 1 aliphatic rings. The van der Waals surface area contributed by atoms with Gasteiger partial charge >= 0.3 is 0 Å². The summed E-state index contributed by atoms with van der Waals surface area (Å²) in [5.41, 5.74) is 4.60. The van der Waals surface area contributed by atoms with Gasteiger partial charge in [-0.15, -0.1) is 0 Å². The van der Waals surface area contributed by atoms with E-state index >= 15 is 0 Å². The van der Waals surface area contributed by atoms with Crippen LogP contribution in [0.5, 0.6) is 11.5 Å². The van der Waals surface area contributed by atoms with E-state index in [9.17, 15) is 0 Å². The molecule has 0 N–H and O–H groups in total. The summed E-state index contributed by atoms with van der Waals surface area (Å²) in [6.45, 7) is 4.45. The Morgan fingerprint density at radius 3 is 2.17 bits per heavy atom. The van der Waals surface area contributed by atoms with E-state index in [1.807, 2.05) is 6.07 Å². The van der Waals surface area contributed by atoms with Crippen molar-refractivity contribution in [2.24, 2.45) is 4.99 Å². The zero-order valence-corrected chi connectivity index (χ0v) is 14.9. The van der Waals surface area contributed by atoms with Crippen molar-refractivity contribution >= 4 is 5.71 Å². The lowest BCUT2D eigenvalue weighted by atomic mass is 9.79. The van der Waals surface area contributed by atoms with Crippen LogP contribution < -0.4 is 9.47 Å². The number of hydrogen-bond acceptors (Lipinski definition) is 3. The van der Waals surface area contributed by atoms with Crippen molar-refractivity contribution in [2.45, 2.75) is 38.6 Å². The maximum absolute atomic E-state index is 5.51. The molecule has 0 atom stereocenters. The second-order valence-electron chi connectivity index (χ2n) is 6.30. The van der Waals surface area contributed by atoms with Gasteiger partial charge in [-0.05, 0) is 37.0 Å². The summed E-state index contributed by atoms with van der Waals surface area (Å²) in [6.07, 6.45) is 2.98. The number of hydrogen-bond donors (Lipinski definition) is 0. The first-order valence-corrected chi connectivity index (χ1v) is 8.57. The topological polar surface area (TPSA) is 30.8 Å². The molecule has 3 nitrogen and oxygen atoms in total. The number of rotatable bonds is 5. The van der Waals surface area contributed by atoms with E-state index in [4.69, 9.17) is 14.5 Å². The van der Waals surface area contributed by atoms with Crippen LogP contribution >= 0.6 is 0 Å². The summed E-state index contributed by atoms with van der Waals surface area (Å²) in [5, 5.41) is 0. The minimum atomic E-state index is -0.0439. The second-order valence-corrected chi connectivity index (χ2v) is 6.30.